The number of ether oxygens (including phenoxy) is 1. The molecule has 0 amide bonds. The molecule has 0 saturated heterocycles. The highest BCUT2D eigenvalue weighted by molar-refractivity contribution is 6.17. The van der Waals surface area contributed by atoms with Gasteiger partial charge in [0.05, 0.1) is 10.5 Å². The SMILES string of the molecule is C=CC=C(C(=O)Oc1ccc([N+](=O)[O-])cc1)c1cccc(F)c1. The van der Waals surface area contributed by atoms with Gasteiger partial charge in [0.15, 0.2) is 0 Å². The molecule has 0 aliphatic rings. The molecule has 0 aliphatic heterocycles. The zero-order valence-corrected chi connectivity index (χ0v) is 11.9. The van der Waals surface area contributed by atoms with Crippen LogP contribution < -0.4 is 4.74 Å². The van der Waals surface area contributed by atoms with Crippen LogP contribution in [-0.2, 0) is 4.79 Å². The van der Waals surface area contributed by atoms with Crippen LogP contribution in [0.25, 0.3) is 5.57 Å². The number of carbonyl (C=O) groups excluding carboxylic acids is 1. The summed E-state index contributed by atoms with van der Waals surface area (Å²) in [5.74, 6) is -1.06. The van der Waals surface area contributed by atoms with Crippen molar-refractivity contribution in [3.05, 3.63) is 88.8 Å². The van der Waals surface area contributed by atoms with Crippen LogP contribution in [0.5, 0.6) is 5.75 Å². The van der Waals surface area contributed by atoms with Gasteiger partial charge in [-0.15, -0.1) is 0 Å². The molecule has 23 heavy (non-hydrogen) atoms. The first-order chi connectivity index (χ1) is 11.0. The molecule has 0 fully saturated rings. The van der Waals surface area contributed by atoms with Crippen molar-refractivity contribution in [2.75, 3.05) is 0 Å². The molecule has 6 heteroatoms. The van der Waals surface area contributed by atoms with Crippen molar-refractivity contribution in [3.63, 3.8) is 0 Å². The zero-order valence-electron chi connectivity index (χ0n) is 11.9. The van der Waals surface area contributed by atoms with Gasteiger partial charge in [-0.25, -0.2) is 9.18 Å². The zero-order chi connectivity index (χ0) is 16.8. The second kappa shape index (κ2) is 7.13. The van der Waals surface area contributed by atoms with E-state index in [1.165, 1.54) is 54.6 Å². The van der Waals surface area contributed by atoms with Crippen molar-refractivity contribution in [3.8, 4) is 5.75 Å². The number of nitro groups is 1. The van der Waals surface area contributed by atoms with Crippen molar-refractivity contribution >= 4 is 17.2 Å². The number of hydrogen-bond acceptors (Lipinski definition) is 4. The molecule has 116 valence electrons. The Labute approximate surface area is 131 Å². The first-order valence-electron chi connectivity index (χ1n) is 6.56. The van der Waals surface area contributed by atoms with Crippen molar-refractivity contribution in [2.45, 2.75) is 0 Å². The molecule has 0 atom stereocenters. The predicted octanol–water partition coefficient (Wildman–Crippen LogP) is 3.91. The molecule has 0 radical (unpaired) electrons. The van der Waals surface area contributed by atoms with Crippen LogP contribution in [0.2, 0.25) is 0 Å². The number of carbonyl (C=O) groups is 1. The Morgan fingerprint density at radius 3 is 2.48 bits per heavy atom. The fraction of sp³-hybridized carbons (Fsp3) is 0. The molecule has 0 aromatic heterocycles. The molecule has 0 saturated carbocycles. The molecule has 5 nitrogen and oxygen atoms in total. The Hall–Kier alpha value is -3.28. The summed E-state index contributed by atoms with van der Waals surface area (Å²) >= 11 is 0. The lowest BCUT2D eigenvalue weighted by Crippen LogP contribution is -2.10. The Balaban J connectivity index is 2.24. The number of nitrogens with zero attached hydrogens (tertiary/aromatic N) is 1. The maximum atomic E-state index is 13.3. The van der Waals surface area contributed by atoms with Crippen molar-refractivity contribution in [1.82, 2.24) is 0 Å². The second-order valence-corrected chi connectivity index (χ2v) is 4.47. The van der Waals surface area contributed by atoms with E-state index >= 15 is 0 Å². The van der Waals surface area contributed by atoms with Gasteiger partial charge in [-0.05, 0) is 35.9 Å². The van der Waals surface area contributed by atoms with E-state index in [0.29, 0.717) is 5.56 Å². The minimum Gasteiger partial charge on any atom is -0.423 e. The van der Waals surface area contributed by atoms with Gasteiger partial charge in [0.1, 0.15) is 11.6 Å². The van der Waals surface area contributed by atoms with E-state index in [-0.39, 0.29) is 17.0 Å². The number of benzene rings is 2. The molecule has 0 spiro atoms. The number of non-ortho nitro benzene ring substituents is 1. The van der Waals surface area contributed by atoms with Crippen LogP contribution in [0.4, 0.5) is 10.1 Å². The lowest BCUT2D eigenvalue weighted by atomic mass is 10.1. The Bertz CT molecular complexity index is 781. The lowest BCUT2D eigenvalue weighted by molar-refractivity contribution is -0.384. The smallest absolute Gasteiger partial charge is 0.344 e. The van der Waals surface area contributed by atoms with Crippen LogP contribution in [0.1, 0.15) is 5.56 Å². The molecule has 0 unspecified atom stereocenters. The summed E-state index contributed by atoms with van der Waals surface area (Å²) < 4.78 is 18.5. The highest BCUT2D eigenvalue weighted by atomic mass is 19.1. The van der Waals surface area contributed by atoms with E-state index < -0.39 is 16.7 Å². The summed E-state index contributed by atoms with van der Waals surface area (Å²) in [4.78, 5) is 22.3. The largest absolute Gasteiger partial charge is 0.423 e. The Kier molecular flexibility index (Phi) is 4.99. The van der Waals surface area contributed by atoms with Crippen LogP contribution in [0, 0.1) is 15.9 Å². The Morgan fingerprint density at radius 2 is 1.91 bits per heavy atom. The monoisotopic (exact) mass is 313 g/mol. The van der Waals surface area contributed by atoms with E-state index in [1.807, 2.05) is 0 Å². The van der Waals surface area contributed by atoms with Gasteiger partial charge in [-0.2, -0.15) is 0 Å². The quantitative estimate of drug-likeness (QED) is 0.209. The third-order valence-corrected chi connectivity index (χ3v) is 2.90. The number of allylic oxidation sites excluding steroid dienone is 2. The van der Waals surface area contributed by atoms with Crippen molar-refractivity contribution in [1.29, 1.82) is 0 Å². The summed E-state index contributed by atoms with van der Waals surface area (Å²) in [5, 5.41) is 10.6. The van der Waals surface area contributed by atoms with E-state index in [1.54, 1.807) is 6.07 Å². The average Bonchev–Trinajstić information content (AvgIpc) is 2.53. The van der Waals surface area contributed by atoms with E-state index in [4.69, 9.17) is 4.74 Å². The normalized spacial score (nSPS) is 10.9. The van der Waals surface area contributed by atoms with E-state index in [9.17, 15) is 19.3 Å². The third kappa shape index (κ3) is 4.10. The summed E-state index contributed by atoms with van der Waals surface area (Å²) in [6.07, 6.45) is 2.79. The lowest BCUT2D eigenvalue weighted by Gasteiger charge is -2.08. The maximum absolute atomic E-state index is 13.3. The highest BCUT2D eigenvalue weighted by Crippen LogP contribution is 2.22. The summed E-state index contributed by atoms with van der Waals surface area (Å²) in [6.45, 7) is 3.52. The summed E-state index contributed by atoms with van der Waals surface area (Å²) in [6, 6.07) is 10.6. The number of rotatable bonds is 5. The van der Waals surface area contributed by atoms with Crippen LogP contribution in [0.3, 0.4) is 0 Å². The molecular weight excluding hydrogens is 301 g/mol. The van der Waals surface area contributed by atoms with Gasteiger partial charge in [-0.3, -0.25) is 10.1 Å². The average molecular weight is 313 g/mol. The van der Waals surface area contributed by atoms with Crippen LogP contribution in [-0.4, -0.2) is 10.9 Å². The number of halogens is 1. The number of hydrogen-bond donors (Lipinski definition) is 0. The molecule has 2 rings (SSSR count). The molecule has 0 N–H and O–H groups in total. The first-order valence-corrected chi connectivity index (χ1v) is 6.56. The standard InChI is InChI=1S/C17H12FNO4/c1-2-4-16(12-5-3-6-13(18)11-12)17(20)23-15-9-7-14(8-10-15)19(21)22/h2-11H,1H2. The first kappa shape index (κ1) is 16.1. The highest BCUT2D eigenvalue weighted by Gasteiger charge is 2.15. The maximum Gasteiger partial charge on any atom is 0.344 e. The fourth-order valence-electron chi connectivity index (χ4n) is 1.85. The molecule has 0 aliphatic carbocycles. The fourth-order valence-corrected chi connectivity index (χ4v) is 1.85. The molecule has 2 aromatic carbocycles. The third-order valence-electron chi connectivity index (χ3n) is 2.90. The van der Waals surface area contributed by atoms with Gasteiger partial charge in [0, 0.05) is 12.1 Å². The van der Waals surface area contributed by atoms with Crippen molar-refractivity contribution in [2.24, 2.45) is 0 Å². The number of nitro benzene ring substituents is 1. The minimum atomic E-state index is -0.718. The molecule has 0 bridgehead atoms. The van der Waals surface area contributed by atoms with Gasteiger partial charge < -0.3 is 4.74 Å². The summed E-state index contributed by atoms with van der Waals surface area (Å²) in [5.41, 5.74) is 0.353. The topological polar surface area (TPSA) is 69.4 Å². The van der Waals surface area contributed by atoms with Gasteiger partial charge in [0.2, 0.25) is 0 Å². The second-order valence-electron chi connectivity index (χ2n) is 4.47. The van der Waals surface area contributed by atoms with E-state index in [2.05, 4.69) is 6.58 Å². The van der Waals surface area contributed by atoms with Crippen molar-refractivity contribution < 1.29 is 18.8 Å². The van der Waals surface area contributed by atoms with Crippen LogP contribution in [0.15, 0.2) is 67.3 Å². The molecule has 2 aromatic rings. The van der Waals surface area contributed by atoms with E-state index in [0.717, 1.165) is 0 Å². The molecular formula is C17H12FNO4. The number of esters is 1. The minimum absolute atomic E-state index is 0.114. The molecule has 0 heterocycles. The van der Waals surface area contributed by atoms with Gasteiger partial charge in [0.25, 0.3) is 5.69 Å². The predicted molar refractivity (Wildman–Crippen MR) is 83.3 cm³/mol. The Morgan fingerprint density at radius 1 is 1.22 bits per heavy atom. The van der Waals surface area contributed by atoms with Gasteiger partial charge >= 0.3 is 5.97 Å². The summed E-state index contributed by atoms with van der Waals surface area (Å²) in [7, 11) is 0. The van der Waals surface area contributed by atoms with Crippen LogP contribution >= 0.6 is 0 Å². The van der Waals surface area contributed by atoms with Gasteiger partial charge in [-0.1, -0.05) is 24.8 Å².